The molecule has 0 atom stereocenters. The van der Waals surface area contributed by atoms with Gasteiger partial charge in [0, 0.05) is 12.8 Å². The van der Waals surface area contributed by atoms with Crippen molar-refractivity contribution in [2.75, 3.05) is 6.61 Å². The Morgan fingerprint density at radius 3 is 2.77 bits per heavy atom. The van der Waals surface area contributed by atoms with Gasteiger partial charge in [-0.05, 0) is 24.0 Å². The molecule has 3 heteroatoms. The lowest BCUT2D eigenvalue weighted by atomic mass is 10.1. The summed E-state index contributed by atoms with van der Waals surface area (Å²) in [7, 11) is 0. The molecule has 22 heavy (non-hydrogen) atoms. The van der Waals surface area contributed by atoms with Gasteiger partial charge in [-0.25, -0.2) is 0 Å². The molecule has 1 aromatic rings. The van der Waals surface area contributed by atoms with Crippen molar-refractivity contribution in [3.63, 3.8) is 0 Å². The minimum atomic E-state index is -0.768. The Morgan fingerprint density at radius 2 is 2.00 bits per heavy atom. The fourth-order valence-electron chi connectivity index (χ4n) is 2.13. The third-order valence-corrected chi connectivity index (χ3v) is 3.34. The second-order valence-corrected chi connectivity index (χ2v) is 5.37. The quantitative estimate of drug-likeness (QED) is 0.520. The SMILES string of the molecule is CCCCCCC#CCOCc1cccc(CCC(=O)O)c1. The number of carboxylic acids is 1. The van der Waals surface area contributed by atoms with Crippen LogP contribution < -0.4 is 0 Å². The Morgan fingerprint density at radius 1 is 1.18 bits per heavy atom. The van der Waals surface area contributed by atoms with Crippen LogP contribution in [-0.2, 0) is 22.6 Å². The first kappa shape index (κ1) is 18.3. The predicted octanol–water partition coefficient (Wildman–Crippen LogP) is 4.19. The molecule has 1 aromatic carbocycles. The zero-order valence-electron chi connectivity index (χ0n) is 13.4. The van der Waals surface area contributed by atoms with Gasteiger partial charge in [0.25, 0.3) is 0 Å². The van der Waals surface area contributed by atoms with Crippen LogP contribution >= 0.6 is 0 Å². The Bertz CT molecular complexity index is 497. The summed E-state index contributed by atoms with van der Waals surface area (Å²) in [6.07, 6.45) is 6.64. The summed E-state index contributed by atoms with van der Waals surface area (Å²) < 4.78 is 5.54. The van der Waals surface area contributed by atoms with E-state index < -0.39 is 5.97 Å². The molecule has 1 rings (SSSR count). The standard InChI is InChI=1S/C19H26O3/c1-2-3-4-5-6-7-8-14-22-16-18-11-9-10-17(15-18)12-13-19(20)21/h9-11,15H,2-6,12-14,16H2,1H3,(H,20,21). The topological polar surface area (TPSA) is 46.5 Å². The monoisotopic (exact) mass is 302 g/mol. The number of benzene rings is 1. The number of aryl methyl sites for hydroxylation is 1. The molecular formula is C19H26O3. The van der Waals surface area contributed by atoms with E-state index in [1.165, 1.54) is 25.7 Å². The molecule has 0 amide bonds. The summed E-state index contributed by atoms with van der Waals surface area (Å²) in [6, 6.07) is 7.88. The molecule has 0 saturated carbocycles. The van der Waals surface area contributed by atoms with Crippen LogP contribution in [0.1, 0.15) is 56.6 Å². The highest BCUT2D eigenvalue weighted by atomic mass is 16.5. The summed E-state index contributed by atoms with van der Waals surface area (Å²) in [5.41, 5.74) is 2.10. The first-order valence-electron chi connectivity index (χ1n) is 8.05. The Balaban J connectivity index is 2.20. The number of carbonyl (C=O) groups is 1. The van der Waals surface area contributed by atoms with Crippen molar-refractivity contribution in [1.29, 1.82) is 0 Å². The molecule has 0 saturated heterocycles. The zero-order chi connectivity index (χ0) is 16.0. The Hall–Kier alpha value is -1.79. The number of carboxylic acid groups (broad SMARTS) is 1. The lowest BCUT2D eigenvalue weighted by molar-refractivity contribution is -0.136. The second-order valence-electron chi connectivity index (χ2n) is 5.37. The molecule has 0 fully saturated rings. The number of hydrogen-bond acceptors (Lipinski definition) is 2. The van der Waals surface area contributed by atoms with Gasteiger partial charge in [-0.3, -0.25) is 4.79 Å². The van der Waals surface area contributed by atoms with Crippen LogP contribution in [-0.4, -0.2) is 17.7 Å². The van der Waals surface area contributed by atoms with Crippen molar-refractivity contribution in [3.05, 3.63) is 35.4 Å². The molecule has 0 aliphatic rings. The smallest absolute Gasteiger partial charge is 0.303 e. The zero-order valence-corrected chi connectivity index (χ0v) is 13.4. The van der Waals surface area contributed by atoms with Crippen LogP contribution in [0.15, 0.2) is 24.3 Å². The Labute approximate surface area is 133 Å². The van der Waals surface area contributed by atoms with E-state index in [2.05, 4.69) is 18.8 Å². The van der Waals surface area contributed by atoms with E-state index in [1.807, 2.05) is 24.3 Å². The van der Waals surface area contributed by atoms with Crippen LogP contribution in [0.3, 0.4) is 0 Å². The van der Waals surface area contributed by atoms with Crippen molar-refractivity contribution in [1.82, 2.24) is 0 Å². The number of ether oxygens (including phenoxy) is 1. The van der Waals surface area contributed by atoms with E-state index in [1.54, 1.807) is 0 Å². The normalized spacial score (nSPS) is 10.0. The molecule has 0 aliphatic heterocycles. The fourth-order valence-corrected chi connectivity index (χ4v) is 2.13. The summed E-state index contributed by atoms with van der Waals surface area (Å²) in [6.45, 7) is 3.18. The highest BCUT2D eigenvalue weighted by Gasteiger charge is 2.00. The second kappa shape index (κ2) is 11.8. The average molecular weight is 302 g/mol. The van der Waals surface area contributed by atoms with Crippen LogP contribution in [0, 0.1) is 11.8 Å². The van der Waals surface area contributed by atoms with Gasteiger partial charge in [-0.2, -0.15) is 0 Å². The minimum absolute atomic E-state index is 0.161. The van der Waals surface area contributed by atoms with E-state index >= 15 is 0 Å². The molecule has 0 unspecified atom stereocenters. The molecule has 1 N–H and O–H groups in total. The van der Waals surface area contributed by atoms with Gasteiger partial charge in [-0.15, -0.1) is 5.92 Å². The van der Waals surface area contributed by atoms with Crippen molar-refractivity contribution >= 4 is 5.97 Å². The van der Waals surface area contributed by atoms with E-state index in [4.69, 9.17) is 9.84 Å². The first-order valence-corrected chi connectivity index (χ1v) is 8.05. The first-order chi connectivity index (χ1) is 10.7. The fraction of sp³-hybridized carbons (Fsp3) is 0.526. The van der Waals surface area contributed by atoms with Gasteiger partial charge < -0.3 is 9.84 Å². The highest BCUT2D eigenvalue weighted by Crippen LogP contribution is 2.09. The van der Waals surface area contributed by atoms with Crippen LogP contribution in [0.25, 0.3) is 0 Å². The maximum atomic E-state index is 10.6. The highest BCUT2D eigenvalue weighted by molar-refractivity contribution is 5.67. The maximum Gasteiger partial charge on any atom is 0.303 e. The van der Waals surface area contributed by atoms with E-state index in [9.17, 15) is 4.79 Å². The summed E-state index contributed by atoms with van der Waals surface area (Å²) in [5.74, 6) is 5.40. The third kappa shape index (κ3) is 9.20. The van der Waals surface area contributed by atoms with Gasteiger partial charge >= 0.3 is 5.97 Å². The summed E-state index contributed by atoms with van der Waals surface area (Å²) in [4.78, 5) is 10.6. The lowest BCUT2D eigenvalue weighted by Crippen LogP contribution is -1.99. The van der Waals surface area contributed by atoms with Crippen LogP contribution in [0.5, 0.6) is 0 Å². The molecule has 0 heterocycles. The molecule has 3 nitrogen and oxygen atoms in total. The third-order valence-electron chi connectivity index (χ3n) is 3.34. The van der Waals surface area contributed by atoms with Gasteiger partial charge in [-0.1, -0.05) is 56.4 Å². The van der Waals surface area contributed by atoms with E-state index in [-0.39, 0.29) is 6.42 Å². The van der Waals surface area contributed by atoms with Crippen LogP contribution in [0.2, 0.25) is 0 Å². The van der Waals surface area contributed by atoms with Gasteiger partial charge in [0.15, 0.2) is 0 Å². The maximum absolute atomic E-state index is 10.6. The molecule has 0 bridgehead atoms. The molecule has 0 radical (unpaired) electrons. The van der Waals surface area contributed by atoms with E-state index in [0.717, 1.165) is 17.5 Å². The van der Waals surface area contributed by atoms with Crippen molar-refractivity contribution in [2.24, 2.45) is 0 Å². The van der Waals surface area contributed by atoms with Crippen LogP contribution in [0.4, 0.5) is 0 Å². The van der Waals surface area contributed by atoms with Crippen molar-refractivity contribution < 1.29 is 14.6 Å². The van der Waals surface area contributed by atoms with Gasteiger partial charge in [0.1, 0.15) is 6.61 Å². The largest absolute Gasteiger partial charge is 0.481 e. The molecular weight excluding hydrogens is 276 g/mol. The van der Waals surface area contributed by atoms with Gasteiger partial charge in [0.05, 0.1) is 6.61 Å². The summed E-state index contributed by atoms with van der Waals surface area (Å²) in [5, 5.41) is 8.70. The number of rotatable bonds is 10. The predicted molar refractivity (Wildman–Crippen MR) is 88.6 cm³/mol. The lowest BCUT2D eigenvalue weighted by Gasteiger charge is -2.04. The number of unbranched alkanes of at least 4 members (excludes halogenated alkanes) is 4. The molecule has 0 aromatic heterocycles. The van der Waals surface area contributed by atoms with Crippen molar-refractivity contribution in [3.8, 4) is 11.8 Å². The van der Waals surface area contributed by atoms with Crippen molar-refractivity contribution in [2.45, 2.75) is 58.5 Å². The average Bonchev–Trinajstić information content (AvgIpc) is 2.52. The Kier molecular flexibility index (Phi) is 9.81. The summed E-state index contributed by atoms with van der Waals surface area (Å²) >= 11 is 0. The molecule has 0 aliphatic carbocycles. The van der Waals surface area contributed by atoms with Gasteiger partial charge in [0.2, 0.25) is 0 Å². The number of hydrogen-bond donors (Lipinski definition) is 1. The minimum Gasteiger partial charge on any atom is -0.481 e. The number of aliphatic carboxylic acids is 1. The van der Waals surface area contributed by atoms with E-state index in [0.29, 0.717) is 19.6 Å². The molecule has 0 spiro atoms. The molecule has 120 valence electrons.